The van der Waals surface area contributed by atoms with E-state index in [1.165, 1.54) is 5.56 Å². The standard InChI is InChI=1S/C17H21NO/c1-13(2)14-6-8-15(9-7-14)17(19)11-10-16-5-3-4-12-18-16/h3-9,12-13,17,19H,10-11H2,1-2H3. The predicted octanol–water partition coefficient (Wildman–Crippen LogP) is 3.87. The van der Waals surface area contributed by atoms with E-state index in [0.29, 0.717) is 12.3 Å². The lowest BCUT2D eigenvalue weighted by Crippen LogP contribution is -2.01. The number of aliphatic hydroxyl groups is 1. The predicted molar refractivity (Wildman–Crippen MR) is 78.0 cm³/mol. The first-order valence-electron chi connectivity index (χ1n) is 6.84. The minimum atomic E-state index is -0.414. The zero-order chi connectivity index (χ0) is 13.7. The molecule has 2 nitrogen and oxygen atoms in total. The summed E-state index contributed by atoms with van der Waals surface area (Å²) < 4.78 is 0. The van der Waals surface area contributed by atoms with Crippen LogP contribution in [0.15, 0.2) is 48.7 Å². The number of hydrogen-bond acceptors (Lipinski definition) is 2. The number of aryl methyl sites for hydroxylation is 1. The molecule has 0 aliphatic rings. The molecule has 1 unspecified atom stereocenters. The Morgan fingerprint density at radius 1 is 1.00 bits per heavy atom. The van der Waals surface area contributed by atoms with Gasteiger partial charge in [0.15, 0.2) is 0 Å². The van der Waals surface area contributed by atoms with E-state index in [9.17, 15) is 5.11 Å². The quantitative estimate of drug-likeness (QED) is 0.879. The van der Waals surface area contributed by atoms with Crippen LogP contribution >= 0.6 is 0 Å². The van der Waals surface area contributed by atoms with Crippen LogP contribution in [-0.2, 0) is 6.42 Å². The lowest BCUT2D eigenvalue weighted by atomic mass is 9.98. The summed E-state index contributed by atoms with van der Waals surface area (Å²) >= 11 is 0. The summed E-state index contributed by atoms with van der Waals surface area (Å²) in [5.74, 6) is 0.528. The average molecular weight is 255 g/mol. The molecule has 0 aliphatic heterocycles. The molecule has 0 saturated heterocycles. The third kappa shape index (κ3) is 3.90. The average Bonchev–Trinajstić information content (AvgIpc) is 2.46. The van der Waals surface area contributed by atoms with Crippen molar-refractivity contribution in [2.45, 2.75) is 38.7 Å². The van der Waals surface area contributed by atoms with Gasteiger partial charge in [0.1, 0.15) is 0 Å². The van der Waals surface area contributed by atoms with Crippen LogP contribution in [0, 0.1) is 0 Å². The number of pyridine rings is 1. The van der Waals surface area contributed by atoms with Crippen LogP contribution in [0.2, 0.25) is 0 Å². The molecule has 1 atom stereocenters. The van der Waals surface area contributed by atoms with Gasteiger partial charge in [0.25, 0.3) is 0 Å². The molecule has 0 spiro atoms. The lowest BCUT2D eigenvalue weighted by molar-refractivity contribution is 0.167. The number of aliphatic hydroxyl groups excluding tert-OH is 1. The Kier molecular flexibility index (Phi) is 4.69. The van der Waals surface area contributed by atoms with Crippen LogP contribution in [0.4, 0.5) is 0 Å². The van der Waals surface area contributed by atoms with Crippen LogP contribution in [0.25, 0.3) is 0 Å². The monoisotopic (exact) mass is 255 g/mol. The number of hydrogen-bond donors (Lipinski definition) is 1. The summed E-state index contributed by atoms with van der Waals surface area (Å²) in [7, 11) is 0. The van der Waals surface area contributed by atoms with Gasteiger partial charge in [-0.3, -0.25) is 4.98 Å². The fraction of sp³-hybridized carbons (Fsp3) is 0.353. The summed E-state index contributed by atoms with van der Waals surface area (Å²) in [5, 5.41) is 10.2. The van der Waals surface area contributed by atoms with Gasteiger partial charge >= 0.3 is 0 Å². The fourth-order valence-electron chi connectivity index (χ4n) is 2.10. The number of rotatable bonds is 5. The maximum atomic E-state index is 10.2. The molecule has 0 fully saturated rings. The van der Waals surface area contributed by atoms with Crippen molar-refractivity contribution in [2.24, 2.45) is 0 Å². The molecule has 2 rings (SSSR count). The first-order valence-corrected chi connectivity index (χ1v) is 6.84. The lowest BCUT2D eigenvalue weighted by Gasteiger charge is -2.12. The first-order chi connectivity index (χ1) is 9.16. The summed E-state index contributed by atoms with van der Waals surface area (Å²) in [5.41, 5.74) is 3.32. The molecule has 0 aliphatic carbocycles. The van der Waals surface area contributed by atoms with Crippen molar-refractivity contribution in [3.8, 4) is 0 Å². The number of aromatic nitrogens is 1. The minimum absolute atomic E-state index is 0.414. The molecular weight excluding hydrogens is 234 g/mol. The highest BCUT2D eigenvalue weighted by molar-refractivity contribution is 5.26. The zero-order valence-corrected chi connectivity index (χ0v) is 11.6. The fourth-order valence-corrected chi connectivity index (χ4v) is 2.10. The van der Waals surface area contributed by atoms with E-state index in [4.69, 9.17) is 0 Å². The zero-order valence-electron chi connectivity index (χ0n) is 11.6. The van der Waals surface area contributed by atoms with Crippen LogP contribution in [0.1, 0.15) is 49.1 Å². The van der Waals surface area contributed by atoms with Crippen LogP contribution in [0.3, 0.4) is 0 Å². The van der Waals surface area contributed by atoms with Crippen LogP contribution in [-0.4, -0.2) is 10.1 Å². The highest BCUT2D eigenvalue weighted by Gasteiger charge is 2.08. The Morgan fingerprint density at radius 2 is 1.68 bits per heavy atom. The highest BCUT2D eigenvalue weighted by atomic mass is 16.3. The third-order valence-corrected chi connectivity index (χ3v) is 3.39. The molecule has 0 bridgehead atoms. The van der Waals surface area contributed by atoms with Gasteiger partial charge in [-0.1, -0.05) is 44.2 Å². The van der Waals surface area contributed by atoms with Crippen molar-refractivity contribution in [1.82, 2.24) is 4.98 Å². The molecule has 0 amide bonds. The van der Waals surface area contributed by atoms with E-state index < -0.39 is 6.10 Å². The molecule has 1 N–H and O–H groups in total. The summed E-state index contributed by atoms with van der Waals surface area (Å²) in [6.45, 7) is 4.35. The maximum absolute atomic E-state index is 10.2. The minimum Gasteiger partial charge on any atom is -0.388 e. The summed E-state index contributed by atoms with van der Waals surface area (Å²) in [6.07, 6.45) is 2.88. The molecule has 100 valence electrons. The Labute approximate surface area is 115 Å². The normalized spacial score (nSPS) is 12.6. The third-order valence-electron chi connectivity index (χ3n) is 3.39. The van der Waals surface area contributed by atoms with E-state index >= 15 is 0 Å². The molecule has 2 heteroatoms. The van der Waals surface area contributed by atoms with Gasteiger partial charge in [-0.05, 0) is 42.0 Å². The van der Waals surface area contributed by atoms with Crippen molar-refractivity contribution < 1.29 is 5.11 Å². The summed E-state index contributed by atoms with van der Waals surface area (Å²) in [6, 6.07) is 14.1. The van der Waals surface area contributed by atoms with E-state index in [2.05, 4.69) is 31.0 Å². The Morgan fingerprint density at radius 3 is 2.26 bits per heavy atom. The van der Waals surface area contributed by atoms with Crippen molar-refractivity contribution in [2.75, 3.05) is 0 Å². The van der Waals surface area contributed by atoms with E-state index in [1.54, 1.807) is 6.20 Å². The first kappa shape index (κ1) is 13.8. The van der Waals surface area contributed by atoms with E-state index in [1.807, 2.05) is 30.3 Å². The van der Waals surface area contributed by atoms with Crippen molar-refractivity contribution in [3.63, 3.8) is 0 Å². The second kappa shape index (κ2) is 6.48. The largest absolute Gasteiger partial charge is 0.388 e. The van der Waals surface area contributed by atoms with Gasteiger partial charge in [-0.25, -0.2) is 0 Å². The van der Waals surface area contributed by atoms with Gasteiger partial charge < -0.3 is 5.11 Å². The van der Waals surface area contributed by atoms with E-state index in [0.717, 1.165) is 17.7 Å². The van der Waals surface area contributed by atoms with Gasteiger partial charge in [-0.2, -0.15) is 0 Å². The highest BCUT2D eigenvalue weighted by Crippen LogP contribution is 2.21. The Bertz CT molecular complexity index is 490. The van der Waals surface area contributed by atoms with E-state index in [-0.39, 0.29) is 0 Å². The maximum Gasteiger partial charge on any atom is 0.0793 e. The van der Waals surface area contributed by atoms with Crippen LogP contribution < -0.4 is 0 Å². The van der Waals surface area contributed by atoms with Gasteiger partial charge in [0.05, 0.1) is 6.10 Å². The molecule has 2 aromatic rings. The van der Waals surface area contributed by atoms with Gasteiger partial charge in [-0.15, -0.1) is 0 Å². The Hall–Kier alpha value is -1.67. The molecule has 1 heterocycles. The van der Waals surface area contributed by atoms with Crippen molar-refractivity contribution >= 4 is 0 Å². The molecule has 1 aromatic carbocycles. The second-order valence-electron chi connectivity index (χ2n) is 5.20. The smallest absolute Gasteiger partial charge is 0.0793 e. The van der Waals surface area contributed by atoms with Crippen molar-refractivity contribution in [3.05, 3.63) is 65.5 Å². The molecule has 0 radical (unpaired) electrons. The Balaban J connectivity index is 1.94. The second-order valence-corrected chi connectivity index (χ2v) is 5.20. The van der Waals surface area contributed by atoms with Gasteiger partial charge in [0.2, 0.25) is 0 Å². The molecule has 0 saturated carbocycles. The van der Waals surface area contributed by atoms with Crippen LogP contribution in [0.5, 0.6) is 0 Å². The topological polar surface area (TPSA) is 33.1 Å². The number of benzene rings is 1. The summed E-state index contributed by atoms with van der Waals surface area (Å²) in [4.78, 5) is 4.27. The van der Waals surface area contributed by atoms with Crippen molar-refractivity contribution in [1.29, 1.82) is 0 Å². The van der Waals surface area contributed by atoms with Gasteiger partial charge in [0, 0.05) is 11.9 Å². The number of nitrogens with zero attached hydrogens (tertiary/aromatic N) is 1. The molecular formula is C17H21NO. The SMILES string of the molecule is CC(C)c1ccc(C(O)CCc2ccccn2)cc1. The molecule has 1 aromatic heterocycles. The molecule has 19 heavy (non-hydrogen) atoms.